The van der Waals surface area contributed by atoms with Crippen molar-refractivity contribution in [1.82, 2.24) is 0 Å². The fraction of sp³-hybridized carbons (Fsp3) is 0.778. The largest absolute Gasteiger partial charge is 0.463 e. The Morgan fingerprint density at radius 1 is 1.21 bits per heavy atom. The van der Waals surface area contributed by atoms with Gasteiger partial charge in [0.15, 0.2) is 5.78 Å². The topological polar surface area (TPSA) is 52.6 Å². The number of alkyl halides is 1. The number of carbonyl (C=O) groups is 2. The van der Waals surface area contributed by atoms with Crippen LogP contribution in [0.15, 0.2) is 0 Å². The zero-order valence-electron chi connectivity index (χ0n) is 8.25. The molecule has 0 amide bonds. The summed E-state index contributed by atoms with van der Waals surface area (Å²) >= 11 is 0. The van der Waals surface area contributed by atoms with Gasteiger partial charge in [-0.2, -0.15) is 0 Å². The number of ether oxygens (including phenoxy) is 2. The van der Waals surface area contributed by atoms with Crippen molar-refractivity contribution >= 4 is 11.8 Å². The summed E-state index contributed by atoms with van der Waals surface area (Å²) in [5, 5.41) is 0. The molecule has 14 heavy (non-hydrogen) atoms. The summed E-state index contributed by atoms with van der Waals surface area (Å²) in [4.78, 5) is 21.2. The van der Waals surface area contributed by atoms with Crippen LogP contribution in [-0.2, 0) is 19.1 Å². The molecule has 0 N–H and O–H groups in total. The maximum absolute atomic E-state index is 11.7. The minimum atomic E-state index is -1.12. The lowest BCUT2D eigenvalue weighted by molar-refractivity contribution is -0.147. The van der Waals surface area contributed by atoms with Crippen molar-refractivity contribution in [3.05, 3.63) is 0 Å². The van der Waals surface area contributed by atoms with Gasteiger partial charge in [-0.25, -0.2) is 4.39 Å². The summed E-state index contributed by atoms with van der Waals surface area (Å²) in [6, 6.07) is 0. The summed E-state index contributed by atoms with van der Waals surface area (Å²) in [7, 11) is 0. The lowest BCUT2D eigenvalue weighted by Crippen LogP contribution is -2.15. The summed E-state index contributed by atoms with van der Waals surface area (Å²) in [6.45, 7) is 1.87. The Bertz CT molecular complexity index is 182. The predicted octanol–water partition coefficient (Wildman–Crippen LogP) is 0.885. The van der Waals surface area contributed by atoms with Gasteiger partial charge in [-0.1, -0.05) is 6.92 Å². The number of hydrogen-bond acceptors (Lipinski definition) is 4. The maximum Gasteiger partial charge on any atom is 0.313 e. The molecule has 0 aliphatic carbocycles. The fourth-order valence-electron chi connectivity index (χ4n) is 0.720. The second-order valence-corrected chi connectivity index (χ2v) is 2.68. The lowest BCUT2D eigenvalue weighted by atomic mass is 10.3. The molecule has 0 rings (SSSR count). The Morgan fingerprint density at radius 2 is 1.93 bits per heavy atom. The average molecular weight is 206 g/mol. The van der Waals surface area contributed by atoms with Gasteiger partial charge in [0, 0.05) is 6.61 Å². The standard InChI is InChI=1S/C9H15FO4/c1-2-3-13-4-5-14-9(12)6-8(11)7-10/h2-7H2,1H3. The molecule has 0 aromatic heterocycles. The normalized spacial score (nSPS) is 9.86. The van der Waals surface area contributed by atoms with Crippen molar-refractivity contribution in [2.75, 3.05) is 26.5 Å². The summed E-state index contributed by atoms with van der Waals surface area (Å²) in [5.41, 5.74) is 0. The third-order valence-electron chi connectivity index (χ3n) is 1.33. The van der Waals surface area contributed by atoms with Gasteiger partial charge >= 0.3 is 5.97 Å². The van der Waals surface area contributed by atoms with E-state index in [1.807, 2.05) is 6.92 Å². The molecule has 0 unspecified atom stereocenters. The van der Waals surface area contributed by atoms with E-state index >= 15 is 0 Å². The number of carbonyl (C=O) groups excluding carboxylic acids is 2. The molecule has 0 aliphatic heterocycles. The Kier molecular flexibility index (Phi) is 8.02. The van der Waals surface area contributed by atoms with Crippen LogP contribution < -0.4 is 0 Å². The molecular weight excluding hydrogens is 191 g/mol. The molecule has 0 saturated carbocycles. The number of Topliss-reactive ketones (excluding diaryl/α,β-unsaturated/α-hetero) is 1. The predicted molar refractivity (Wildman–Crippen MR) is 47.7 cm³/mol. The third-order valence-corrected chi connectivity index (χ3v) is 1.33. The second-order valence-electron chi connectivity index (χ2n) is 2.68. The van der Waals surface area contributed by atoms with Gasteiger partial charge in [0.2, 0.25) is 0 Å². The highest BCUT2D eigenvalue weighted by atomic mass is 19.1. The van der Waals surface area contributed by atoms with E-state index in [1.54, 1.807) is 0 Å². The van der Waals surface area contributed by atoms with Crippen molar-refractivity contribution in [2.45, 2.75) is 19.8 Å². The van der Waals surface area contributed by atoms with E-state index in [-0.39, 0.29) is 6.61 Å². The summed E-state index contributed by atoms with van der Waals surface area (Å²) < 4.78 is 21.3. The van der Waals surface area contributed by atoms with Crippen LogP contribution in [0.25, 0.3) is 0 Å². The van der Waals surface area contributed by atoms with Crippen molar-refractivity contribution in [3.63, 3.8) is 0 Å². The first-order valence-corrected chi connectivity index (χ1v) is 4.51. The van der Waals surface area contributed by atoms with E-state index in [4.69, 9.17) is 4.74 Å². The number of hydrogen-bond donors (Lipinski definition) is 0. The number of rotatable bonds is 8. The molecule has 0 aliphatic rings. The molecule has 0 spiro atoms. The zero-order chi connectivity index (χ0) is 10.8. The van der Waals surface area contributed by atoms with Gasteiger partial charge in [-0.15, -0.1) is 0 Å². The van der Waals surface area contributed by atoms with Gasteiger partial charge in [-0.05, 0) is 6.42 Å². The second kappa shape index (κ2) is 8.62. The highest BCUT2D eigenvalue weighted by Crippen LogP contribution is 1.90. The quantitative estimate of drug-likeness (QED) is 0.336. The minimum absolute atomic E-state index is 0.110. The van der Waals surface area contributed by atoms with Gasteiger partial charge in [0.25, 0.3) is 0 Å². The SMILES string of the molecule is CCCOCCOC(=O)CC(=O)CF. The van der Waals surface area contributed by atoms with Gasteiger partial charge < -0.3 is 9.47 Å². The fourth-order valence-corrected chi connectivity index (χ4v) is 0.720. The monoisotopic (exact) mass is 206 g/mol. The first-order valence-electron chi connectivity index (χ1n) is 4.51. The number of ketones is 1. The highest BCUT2D eigenvalue weighted by molar-refractivity contribution is 5.96. The Labute approximate surface area is 82.4 Å². The van der Waals surface area contributed by atoms with Crippen LogP contribution in [0.5, 0.6) is 0 Å². The lowest BCUT2D eigenvalue weighted by Gasteiger charge is -2.03. The Balaban J connectivity index is 3.31. The highest BCUT2D eigenvalue weighted by Gasteiger charge is 2.09. The minimum Gasteiger partial charge on any atom is -0.463 e. The summed E-state index contributed by atoms with van der Waals surface area (Å²) in [5.74, 6) is -1.46. The van der Waals surface area contributed by atoms with Crippen LogP contribution in [0.4, 0.5) is 4.39 Å². The molecule has 82 valence electrons. The number of halogens is 1. The van der Waals surface area contributed by atoms with E-state index in [1.165, 1.54) is 0 Å². The molecule has 5 heteroatoms. The Hall–Kier alpha value is -0.970. The molecule has 0 radical (unpaired) electrons. The molecule has 0 fully saturated rings. The molecule has 0 bridgehead atoms. The van der Waals surface area contributed by atoms with Crippen LogP contribution in [-0.4, -0.2) is 38.2 Å². The van der Waals surface area contributed by atoms with Crippen LogP contribution in [0.1, 0.15) is 19.8 Å². The molecule has 0 saturated heterocycles. The van der Waals surface area contributed by atoms with Crippen LogP contribution in [0.2, 0.25) is 0 Å². The van der Waals surface area contributed by atoms with Crippen molar-refractivity contribution in [1.29, 1.82) is 0 Å². The van der Waals surface area contributed by atoms with E-state index in [0.29, 0.717) is 13.2 Å². The molecule has 0 aromatic rings. The van der Waals surface area contributed by atoms with Crippen LogP contribution in [0.3, 0.4) is 0 Å². The molecule has 0 heterocycles. The van der Waals surface area contributed by atoms with Gasteiger partial charge in [0.05, 0.1) is 6.61 Å². The molecular formula is C9H15FO4. The molecule has 0 aromatic carbocycles. The maximum atomic E-state index is 11.7. The third kappa shape index (κ3) is 7.67. The zero-order valence-corrected chi connectivity index (χ0v) is 8.25. The van der Waals surface area contributed by atoms with Gasteiger partial charge in [-0.3, -0.25) is 9.59 Å². The average Bonchev–Trinajstić information content (AvgIpc) is 2.17. The van der Waals surface area contributed by atoms with Crippen molar-refractivity contribution < 1.29 is 23.5 Å². The van der Waals surface area contributed by atoms with Crippen molar-refractivity contribution in [3.8, 4) is 0 Å². The smallest absolute Gasteiger partial charge is 0.313 e. The first kappa shape index (κ1) is 13.0. The van der Waals surface area contributed by atoms with Gasteiger partial charge in [0.1, 0.15) is 19.7 Å². The van der Waals surface area contributed by atoms with E-state index < -0.39 is 24.8 Å². The number of esters is 1. The van der Waals surface area contributed by atoms with E-state index in [2.05, 4.69) is 4.74 Å². The Morgan fingerprint density at radius 3 is 2.50 bits per heavy atom. The van der Waals surface area contributed by atoms with E-state index in [0.717, 1.165) is 6.42 Å². The van der Waals surface area contributed by atoms with Crippen LogP contribution >= 0.6 is 0 Å². The van der Waals surface area contributed by atoms with Crippen molar-refractivity contribution in [2.24, 2.45) is 0 Å². The van der Waals surface area contributed by atoms with E-state index in [9.17, 15) is 14.0 Å². The van der Waals surface area contributed by atoms with Crippen LogP contribution in [0, 0.1) is 0 Å². The molecule has 0 atom stereocenters. The first-order chi connectivity index (χ1) is 6.70. The summed E-state index contributed by atoms with van der Waals surface area (Å²) in [6.07, 6.45) is 0.401. The molecule has 4 nitrogen and oxygen atoms in total.